The van der Waals surface area contributed by atoms with Crippen LogP contribution < -0.4 is 23.7 Å². The van der Waals surface area contributed by atoms with Gasteiger partial charge in [0.2, 0.25) is 4.77 Å². The zero-order chi connectivity index (χ0) is 21.7. The van der Waals surface area contributed by atoms with E-state index in [1.54, 1.807) is 66.0 Å². The second-order valence-corrected chi connectivity index (χ2v) is 6.31. The van der Waals surface area contributed by atoms with Gasteiger partial charge in [-0.05, 0) is 30.4 Å². The molecule has 9 nitrogen and oxygen atoms in total. The highest BCUT2D eigenvalue weighted by atomic mass is 32.1. The summed E-state index contributed by atoms with van der Waals surface area (Å²) in [7, 11) is 7.84. The fourth-order valence-corrected chi connectivity index (χ4v) is 3.02. The normalized spacial score (nSPS) is 10.8. The summed E-state index contributed by atoms with van der Waals surface area (Å²) in [5.74, 6) is 3.36. The maximum Gasteiger partial charge on any atom is 0.216 e. The molecule has 2 aromatic carbocycles. The number of rotatable bonds is 8. The average molecular weight is 430 g/mol. The lowest BCUT2D eigenvalue weighted by Gasteiger charge is -2.12. The van der Waals surface area contributed by atoms with Crippen LogP contribution >= 0.6 is 12.2 Å². The minimum absolute atomic E-state index is 0.322. The molecule has 1 heterocycles. The Morgan fingerprint density at radius 2 is 1.50 bits per heavy atom. The Bertz CT molecular complexity index is 1100. The summed E-state index contributed by atoms with van der Waals surface area (Å²) < 4.78 is 28.7. The topological polar surface area (TPSA) is 92.1 Å². The molecular weight excluding hydrogens is 408 g/mol. The van der Waals surface area contributed by atoms with E-state index >= 15 is 0 Å². The first kappa shape index (κ1) is 21.2. The maximum absolute atomic E-state index is 5.46. The van der Waals surface area contributed by atoms with Crippen LogP contribution in [0, 0.1) is 4.77 Å². The zero-order valence-electron chi connectivity index (χ0n) is 17.3. The van der Waals surface area contributed by atoms with E-state index in [1.807, 2.05) is 6.07 Å². The molecule has 0 amide bonds. The first-order valence-electron chi connectivity index (χ1n) is 8.80. The van der Waals surface area contributed by atoms with Crippen LogP contribution in [-0.2, 0) is 0 Å². The summed E-state index contributed by atoms with van der Waals surface area (Å²) >= 11 is 5.35. The SMILES string of the molecule is COc1cc(OC)c(C=Nn2c(-c3ccc(OC)c(OC)c3)n[nH]c2=S)c(OC)c1. The Kier molecular flexibility index (Phi) is 6.58. The van der Waals surface area contributed by atoms with E-state index in [1.165, 1.54) is 4.68 Å². The molecule has 0 atom stereocenters. The van der Waals surface area contributed by atoms with Gasteiger partial charge in [0, 0.05) is 17.7 Å². The number of aromatic nitrogens is 3. The highest BCUT2D eigenvalue weighted by molar-refractivity contribution is 7.71. The number of hydrogen-bond acceptors (Lipinski definition) is 8. The number of methoxy groups -OCH3 is 5. The highest BCUT2D eigenvalue weighted by Crippen LogP contribution is 2.34. The van der Waals surface area contributed by atoms with Crippen molar-refractivity contribution in [2.24, 2.45) is 5.10 Å². The van der Waals surface area contributed by atoms with E-state index in [0.717, 1.165) is 5.56 Å². The predicted octanol–water partition coefficient (Wildman–Crippen LogP) is 3.53. The van der Waals surface area contributed by atoms with Gasteiger partial charge in [0.05, 0.1) is 47.3 Å². The third kappa shape index (κ3) is 4.08. The molecule has 10 heteroatoms. The molecule has 0 saturated carbocycles. The van der Waals surface area contributed by atoms with Gasteiger partial charge in [-0.2, -0.15) is 14.9 Å². The Labute approximate surface area is 178 Å². The van der Waals surface area contributed by atoms with Gasteiger partial charge in [0.15, 0.2) is 17.3 Å². The summed E-state index contributed by atoms with van der Waals surface area (Å²) in [6.45, 7) is 0. The van der Waals surface area contributed by atoms with Gasteiger partial charge in [-0.3, -0.25) is 0 Å². The van der Waals surface area contributed by atoms with E-state index in [0.29, 0.717) is 44.9 Å². The van der Waals surface area contributed by atoms with Crippen molar-refractivity contribution in [3.05, 3.63) is 40.7 Å². The summed E-state index contributed by atoms with van der Waals surface area (Å²) in [6.07, 6.45) is 1.59. The van der Waals surface area contributed by atoms with Crippen LogP contribution in [0.1, 0.15) is 5.56 Å². The van der Waals surface area contributed by atoms with E-state index in [9.17, 15) is 0 Å². The molecule has 0 unspecified atom stereocenters. The largest absolute Gasteiger partial charge is 0.496 e. The maximum atomic E-state index is 5.46. The summed E-state index contributed by atoms with van der Waals surface area (Å²) in [5.41, 5.74) is 1.37. The molecule has 0 fully saturated rings. The Morgan fingerprint density at radius 3 is 2.07 bits per heavy atom. The molecule has 1 aromatic heterocycles. The summed E-state index contributed by atoms with van der Waals surface area (Å²) in [5, 5.41) is 11.6. The van der Waals surface area contributed by atoms with Gasteiger partial charge >= 0.3 is 0 Å². The number of aromatic amines is 1. The molecule has 0 aliphatic heterocycles. The molecular formula is C20H22N4O5S. The Balaban J connectivity index is 2.07. The quantitative estimate of drug-likeness (QED) is 0.432. The van der Waals surface area contributed by atoms with Crippen LogP contribution in [0.4, 0.5) is 0 Å². The lowest BCUT2D eigenvalue weighted by Crippen LogP contribution is -2.00. The van der Waals surface area contributed by atoms with E-state index < -0.39 is 0 Å². The lowest BCUT2D eigenvalue weighted by atomic mass is 10.2. The summed E-state index contributed by atoms with van der Waals surface area (Å²) in [4.78, 5) is 0. The van der Waals surface area contributed by atoms with E-state index in [2.05, 4.69) is 15.3 Å². The third-order valence-electron chi connectivity index (χ3n) is 4.35. The average Bonchev–Trinajstić information content (AvgIpc) is 3.16. The number of ether oxygens (including phenoxy) is 5. The van der Waals surface area contributed by atoms with Crippen molar-refractivity contribution < 1.29 is 23.7 Å². The first-order valence-corrected chi connectivity index (χ1v) is 9.21. The Morgan fingerprint density at radius 1 is 0.867 bits per heavy atom. The highest BCUT2D eigenvalue weighted by Gasteiger charge is 2.14. The molecule has 30 heavy (non-hydrogen) atoms. The van der Waals surface area contributed by atoms with Gasteiger partial charge in [0.25, 0.3) is 0 Å². The number of nitrogens with one attached hydrogen (secondary N) is 1. The number of benzene rings is 2. The molecule has 0 aliphatic rings. The minimum Gasteiger partial charge on any atom is -0.496 e. The molecule has 3 rings (SSSR count). The summed E-state index contributed by atoms with van der Waals surface area (Å²) in [6, 6.07) is 8.91. The van der Waals surface area contributed by atoms with Gasteiger partial charge in [-0.15, -0.1) is 0 Å². The standard InChI is InChI=1S/C20H22N4O5S/c1-25-13-9-16(27-3)14(17(10-13)28-4)11-21-24-19(22-23-20(24)30)12-6-7-15(26-2)18(8-12)29-5/h6-11H,1-5H3,(H,23,30). The van der Waals surface area contributed by atoms with Crippen LogP contribution in [0.15, 0.2) is 35.4 Å². The first-order chi connectivity index (χ1) is 14.6. The predicted molar refractivity (Wildman–Crippen MR) is 115 cm³/mol. The minimum atomic E-state index is 0.322. The Hall–Kier alpha value is -3.53. The molecule has 0 aliphatic carbocycles. The zero-order valence-corrected chi connectivity index (χ0v) is 18.1. The van der Waals surface area contributed by atoms with Crippen molar-refractivity contribution >= 4 is 18.4 Å². The van der Waals surface area contributed by atoms with Crippen molar-refractivity contribution in [1.29, 1.82) is 0 Å². The van der Waals surface area contributed by atoms with Crippen molar-refractivity contribution in [1.82, 2.24) is 14.9 Å². The number of H-pyrrole nitrogens is 1. The van der Waals surface area contributed by atoms with Gasteiger partial charge < -0.3 is 23.7 Å². The molecule has 0 bridgehead atoms. The second kappa shape index (κ2) is 9.31. The molecule has 0 saturated heterocycles. The number of hydrogen-bond donors (Lipinski definition) is 1. The smallest absolute Gasteiger partial charge is 0.216 e. The second-order valence-electron chi connectivity index (χ2n) is 5.92. The molecule has 158 valence electrons. The van der Waals surface area contributed by atoms with E-state index in [-0.39, 0.29) is 0 Å². The van der Waals surface area contributed by atoms with Crippen molar-refractivity contribution in [3.8, 4) is 40.1 Å². The fourth-order valence-electron chi connectivity index (χ4n) is 2.84. The third-order valence-corrected chi connectivity index (χ3v) is 4.61. The van der Waals surface area contributed by atoms with Gasteiger partial charge in [0.1, 0.15) is 17.2 Å². The number of nitrogens with zero attached hydrogens (tertiary/aromatic N) is 3. The monoisotopic (exact) mass is 430 g/mol. The van der Waals surface area contributed by atoms with Crippen molar-refractivity contribution in [2.75, 3.05) is 35.5 Å². The fraction of sp³-hybridized carbons (Fsp3) is 0.250. The van der Waals surface area contributed by atoms with Crippen LogP contribution in [0.25, 0.3) is 11.4 Å². The molecule has 0 spiro atoms. The lowest BCUT2D eigenvalue weighted by molar-refractivity contribution is 0.355. The van der Waals surface area contributed by atoms with Crippen molar-refractivity contribution in [2.45, 2.75) is 0 Å². The van der Waals surface area contributed by atoms with Gasteiger partial charge in [-0.1, -0.05) is 0 Å². The molecule has 1 N–H and O–H groups in total. The van der Waals surface area contributed by atoms with E-state index in [4.69, 9.17) is 35.9 Å². The molecule has 0 radical (unpaired) electrons. The van der Waals surface area contributed by atoms with Crippen molar-refractivity contribution in [3.63, 3.8) is 0 Å². The van der Waals surface area contributed by atoms with Crippen LogP contribution in [-0.4, -0.2) is 56.6 Å². The van der Waals surface area contributed by atoms with Crippen LogP contribution in [0.5, 0.6) is 28.7 Å². The molecule has 3 aromatic rings. The van der Waals surface area contributed by atoms with Gasteiger partial charge in [-0.25, -0.2) is 5.10 Å². The van der Waals surface area contributed by atoms with Crippen LogP contribution in [0.3, 0.4) is 0 Å². The van der Waals surface area contributed by atoms with Crippen LogP contribution in [0.2, 0.25) is 0 Å².